The first-order valence-corrected chi connectivity index (χ1v) is 11.7. The van der Waals surface area contributed by atoms with E-state index in [-0.39, 0.29) is 60.9 Å². The molecule has 0 aromatic heterocycles. The summed E-state index contributed by atoms with van der Waals surface area (Å²) < 4.78 is 0. The van der Waals surface area contributed by atoms with Gasteiger partial charge in [0.2, 0.25) is 29.5 Å². The van der Waals surface area contributed by atoms with E-state index >= 15 is 0 Å². The van der Waals surface area contributed by atoms with Gasteiger partial charge in [0, 0.05) is 51.5 Å². The van der Waals surface area contributed by atoms with Crippen molar-refractivity contribution in [1.82, 2.24) is 19.6 Å². The van der Waals surface area contributed by atoms with Gasteiger partial charge in [0.1, 0.15) is 12.6 Å². The first kappa shape index (κ1) is 21.8. The highest BCUT2D eigenvalue weighted by Crippen LogP contribution is 2.29. The highest BCUT2D eigenvalue weighted by atomic mass is 16.2. The average Bonchev–Trinajstić information content (AvgIpc) is 3.41. The van der Waals surface area contributed by atoms with Crippen molar-refractivity contribution >= 4 is 29.5 Å². The molecule has 5 amide bonds. The van der Waals surface area contributed by atoms with Crippen molar-refractivity contribution in [3.63, 3.8) is 0 Å². The van der Waals surface area contributed by atoms with E-state index in [9.17, 15) is 24.0 Å². The molecular weight excluding hydrogens is 400 g/mol. The van der Waals surface area contributed by atoms with Gasteiger partial charge in [-0.15, -0.1) is 0 Å². The van der Waals surface area contributed by atoms with Crippen LogP contribution in [0.2, 0.25) is 0 Å². The summed E-state index contributed by atoms with van der Waals surface area (Å²) in [5.41, 5.74) is 0. The van der Waals surface area contributed by atoms with E-state index in [2.05, 4.69) is 0 Å². The van der Waals surface area contributed by atoms with Crippen LogP contribution < -0.4 is 0 Å². The van der Waals surface area contributed by atoms with Crippen molar-refractivity contribution in [2.24, 2.45) is 5.92 Å². The van der Waals surface area contributed by atoms with Crippen LogP contribution in [0.1, 0.15) is 57.8 Å². The Morgan fingerprint density at radius 1 is 0.710 bits per heavy atom. The minimum Gasteiger partial charge on any atom is -0.338 e. The minimum absolute atomic E-state index is 0.0151. The van der Waals surface area contributed by atoms with Gasteiger partial charge in [-0.3, -0.25) is 28.9 Å². The molecule has 0 radical (unpaired) electrons. The Morgan fingerprint density at radius 2 is 1.32 bits per heavy atom. The van der Waals surface area contributed by atoms with E-state index in [0.717, 1.165) is 37.0 Å². The van der Waals surface area contributed by atoms with Crippen LogP contribution in [0.5, 0.6) is 0 Å². The lowest BCUT2D eigenvalue weighted by molar-refractivity contribution is -0.150. The van der Waals surface area contributed by atoms with Crippen LogP contribution in [0.15, 0.2) is 0 Å². The van der Waals surface area contributed by atoms with Gasteiger partial charge >= 0.3 is 0 Å². The molecule has 4 rings (SSSR count). The van der Waals surface area contributed by atoms with Crippen molar-refractivity contribution in [2.75, 3.05) is 39.3 Å². The largest absolute Gasteiger partial charge is 0.338 e. The topological polar surface area (TPSA) is 98.3 Å². The number of rotatable bonds is 4. The molecule has 4 fully saturated rings. The van der Waals surface area contributed by atoms with Crippen LogP contribution in [-0.2, 0) is 24.0 Å². The molecule has 0 aromatic carbocycles. The van der Waals surface area contributed by atoms with Gasteiger partial charge in [0.05, 0.1) is 0 Å². The van der Waals surface area contributed by atoms with Gasteiger partial charge in [0.15, 0.2) is 0 Å². The lowest BCUT2D eigenvalue weighted by atomic mass is 9.88. The number of imide groups is 1. The third-order valence-corrected chi connectivity index (χ3v) is 7.17. The van der Waals surface area contributed by atoms with Crippen LogP contribution in [0.3, 0.4) is 0 Å². The van der Waals surface area contributed by atoms with E-state index in [1.54, 1.807) is 14.7 Å². The Labute approximate surface area is 182 Å². The standard InChI is InChI=1S/C22H32N4O5/c27-18-8-9-19(28)26(18)15-20(29)23-11-13-24(14-12-23)22(31)17-7-4-10-25(17)21(30)16-5-2-1-3-6-16/h16-17H,1-15H2. The third kappa shape index (κ3) is 4.60. The van der Waals surface area contributed by atoms with Gasteiger partial charge in [-0.2, -0.15) is 0 Å². The number of hydrogen-bond acceptors (Lipinski definition) is 5. The number of likely N-dealkylation sites (tertiary alicyclic amines) is 2. The maximum Gasteiger partial charge on any atom is 0.245 e. The second-order valence-electron chi connectivity index (χ2n) is 9.10. The van der Waals surface area contributed by atoms with Gasteiger partial charge < -0.3 is 14.7 Å². The first-order chi connectivity index (χ1) is 15.0. The van der Waals surface area contributed by atoms with Gasteiger partial charge in [-0.1, -0.05) is 19.3 Å². The van der Waals surface area contributed by atoms with Gasteiger partial charge in [-0.25, -0.2) is 0 Å². The molecule has 1 unspecified atom stereocenters. The molecule has 9 nitrogen and oxygen atoms in total. The monoisotopic (exact) mass is 432 g/mol. The zero-order valence-corrected chi connectivity index (χ0v) is 18.1. The van der Waals surface area contributed by atoms with Crippen molar-refractivity contribution < 1.29 is 24.0 Å². The molecule has 3 heterocycles. The fraction of sp³-hybridized carbons (Fsp3) is 0.773. The second-order valence-corrected chi connectivity index (χ2v) is 9.10. The highest BCUT2D eigenvalue weighted by molar-refractivity contribution is 6.04. The second kappa shape index (κ2) is 9.36. The zero-order valence-electron chi connectivity index (χ0n) is 18.1. The lowest BCUT2D eigenvalue weighted by Gasteiger charge is -2.38. The van der Waals surface area contributed by atoms with Crippen LogP contribution in [-0.4, -0.2) is 94.4 Å². The van der Waals surface area contributed by atoms with E-state index < -0.39 is 0 Å². The first-order valence-electron chi connectivity index (χ1n) is 11.7. The van der Waals surface area contributed by atoms with E-state index in [0.29, 0.717) is 39.1 Å². The number of piperazine rings is 1. The number of hydrogen-bond donors (Lipinski definition) is 0. The number of carbonyl (C=O) groups excluding carboxylic acids is 5. The molecule has 9 heteroatoms. The molecular formula is C22H32N4O5. The Morgan fingerprint density at radius 3 is 1.97 bits per heavy atom. The predicted octanol–water partition coefficient (Wildman–Crippen LogP) is 0.378. The maximum atomic E-state index is 13.2. The van der Waals surface area contributed by atoms with Crippen LogP contribution >= 0.6 is 0 Å². The van der Waals surface area contributed by atoms with Crippen LogP contribution in [0, 0.1) is 5.92 Å². The molecule has 1 aliphatic carbocycles. The quantitative estimate of drug-likeness (QED) is 0.598. The van der Waals surface area contributed by atoms with Crippen LogP contribution in [0.25, 0.3) is 0 Å². The summed E-state index contributed by atoms with van der Waals surface area (Å²) in [5.74, 6) is -0.659. The summed E-state index contributed by atoms with van der Waals surface area (Å²) in [6.45, 7) is 2.02. The summed E-state index contributed by atoms with van der Waals surface area (Å²) in [5, 5.41) is 0. The summed E-state index contributed by atoms with van der Waals surface area (Å²) >= 11 is 0. The molecule has 0 spiro atoms. The number of carbonyl (C=O) groups is 5. The Hall–Kier alpha value is -2.45. The average molecular weight is 433 g/mol. The summed E-state index contributed by atoms with van der Waals surface area (Å²) in [6, 6.07) is -0.378. The molecule has 4 aliphatic rings. The van der Waals surface area contributed by atoms with Crippen LogP contribution in [0.4, 0.5) is 0 Å². The third-order valence-electron chi connectivity index (χ3n) is 7.17. The summed E-state index contributed by atoms with van der Waals surface area (Å²) in [6.07, 6.45) is 7.13. The summed E-state index contributed by atoms with van der Waals surface area (Å²) in [4.78, 5) is 68.4. The number of nitrogens with zero attached hydrogens (tertiary/aromatic N) is 4. The lowest BCUT2D eigenvalue weighted by Crippen LogP contribution is -2.57. The molecule has 1 saturated carbocycles. The van der Waals surface area contributed by atoms with E-state index in [4.69, 9.17) is 0 Å². The zero-order chi connectivity index (χ0) is 22.0. The van der Waals surface area contributed by atoms with E-state index in [1.807, 2.05) is 0 Å². The SMILES string of the molecule is O=C(CN1C(=O)CCC1=O)N1CCN(C(=O)C2CCCN2C(=O)C2CCCCC2)CC1. The Bertz CT molecular complexity index is 739. The normalized spacial score (nSPS) is 25.5. The number of amides is 5. The molecule has 0 N–H and O–H groups in total. The molecule has 31 heavy (non-hydrogen) atoms. The molecule has 0 aromatic rings. The molecule has 1 atom stereocenters. The van der Waals surface area contributed by atoms with Gasteiger partial charge in [0.25, 0.3) is 0 Å². The molecule has 3 aliphatic heterocycles. The smallest absolute Gasteiger partial charge is 0.245 e. The van der Waals surface area contributed by atoms with E-state index in [1.165, 1.54) is 6.42 Å². The fourth-order valence-corrected chi connectivity index (χ4v) is 5.29. The Balaban J connectivity index is 1.29. The molecule has 170 valence electrons. The summed E-state index contributed by atoms with van der Waals surface area (Å²) in [7, 11) is 0. The van der Waals surface area contributed by atoms with Crippen molar-refractivity contribution in [2.45, 2.75) is 63.8 Å². The molecule has 0 bridgehead atoms. The highest BCUT2D eigenvalue weighted by Gasteiger charge is 2.40. The predicted molar refractivity (Wildman–Crippen MR) is 110 cm³/mol. The minimum atomic E-state index is -0.378. The Kier molecular flexibility index (Phi) is 6.57. The molecule has 3 saturated heterocycles. The van der Waals surface area contributed by atoms with Crippen molar-refractivity contribution in [3.8, 4) is 0 Å². The van der Waals surface area contributed by atoms with Gasteiger partial charge in [-0.05, 0) is 25.7 Å². The van der Waals surface area contributed by atoms with Crippen molar-refractivity contribution in [3.05, 3.63) is 0 Å². The van der Waals surface area contributed by atoms with Crippen molar-refractivity contribution in [1.29, 1.82) is 0 Å². The maximum absolute atomic E-state index is 13.2. The fourth-order valence-electron chi connectivity index (χ4n) is 5.29.